The predicted octanol–water partition coefficient (Wildman–Crippen LogP) is 2.95. The lowest BCUT2D eigenvalue weighted by Crippen LogP contribution is -2.23. The molecule has 0 radical (unpaired) electrons. The first-order valence-electron chi connectivity index (χ1n) is 7.54. The summed E-state index contributed by atoms with van der Waals surface area (Å²) in [5, 5.41) is 0. The van der Waals surface area contributed by atoms with E-state index < -0.39 is 0 Å². The molecule has 1 heterocycles. The van der Waals surface area contributed by atoms with Crippen molar-refractivity contribution in [2.45, 2.75) is 59.7 Å². The molecule has 0 spiro atoms. The molecule has 2 rings (SSSR count). The van der Waals surface area contributed by atoms with Crippen LogP contribution in [0.25, 0.3) is 11.0 Å². The SMILES string of the molecule is CCCC(N)c1cc2c(cc1C)n(CC)c(=O)n2CC. The fourth-order valence-corrected chi connectivity index (χ4v) is 2.96. The van der Waals surface area contributed by atoms with E-state index in [9.17, 15) is 4.79 Å². The van der Waals surface area contributed by atoms with Gasteiger partial charge in [-0.25, -0.2) is 4.79 Å². The van der Waals surface area contributed by atoms with Crippen LogP contribution in [-0.4, -0.2) is 9.13 Å². The van der Waals surface area contributed by atoms with Gasteiger partial charge in [0.2, 0.25) is 0 Å². The fourth-order valence-electron chi connectivity index (χ4n) is 2.96. The first-order chi connectivity index (χ1) is 9.54. The third-order valence-electron chi connectivity index (χ3n) is 4.04. The molecule has 0 fully saturated rings. The number of aromatic nitrogens is 2. The van der Waals surface area contributed by atoms with Gasteiger partial charge in [0.1, 0.15) is 0 Å². The molecular formula is C16H25N3O. The lowest BCUT2D eigenvalue weighted by molar-refractivity contribution is 0.635. The summed E-state index contributed by atoms with van der Waals surface area (Å²) >= 11 is 0. The summed E-state index contributed by atoms with van der Waals surface area (Å²) in [6.45, 7) is 9.62. The minimum Gasteiger partial charge on any atom is -0.324 e. The molecule has 4 heteroatoms. The normalized spacial score (nSPS) is 13.1. The van der Waals surface area contributed by atoms with E-state index >= 15 is 0 Å². The first-order valence-corrected chi connectivity index (χ1v) is 7.54. The van der Waals surface area contributed by atoms with Crippen molar-refractivity contribution in [2.24, 2.45) is 5.73 Å². The first kappa shape index (κ1) is 14.9. The summed E-state index contributed by atoms with van der Waals surface area (Å²) in [5.41, 5.74) is 10.7. The van der Waals surface area contributed by atoms with Crippen molar-refractivity contribution < 1.29 is 0 Å². The lowest BCUT2D eigenvalue weighted by atomic mass is 9.97. The lowest BCUT2D eigenvalue weighted by Gasteiger charge is -2.15. The number of hydrogen-bond acceptors (Lipinski definition) is 2. The number of nitrogens with two attached hydrogens (primary N) is 1. The minimum atomic E-state index is 0.0507. The Morgan fingerprint density at radius 2 is 1.65 bits per heavy atom. The summed E-state index contributed by atoms with van der Waals surface area (Å²) in [4.78, 5) is 12.4. The number of nitrogens with zero attached hydrogens (tertiary/aromatic N) is 2. The highest BCUT2D eigenvalue weighted by molar-refractivity contribution is 5.78. The highest BCUT2D eigenvalue weighted by atomic mass is 16.1. The summed E-state index contributed by atoms with van der Waals surface area (Å²) in [6, 6.07) is 4.27. The van der Waals surface area contributed by atoms with Gasteiger partial charge in [0.25, 0.3) is 0 Å². The average Bonchev–Trinajstić information content (AvgIpc) is 2.68. The average molecular weight is 275 g/mol. The Bertz CT molecular complexity index is 666. The Hall–Kier alpha value is -1.55. The van der Waals surface area contributed by atoms with Crippen LogP contribution in [0.2, 0.25) is 0 Å². The molecule has 1 atom stereocenters. The maximum absolute atomic E-state index is 12.4. The number of hydrogen-bond donors (Lipinski definition) is 1. The minimum absolute atomic E-state index is 0.0507. The van der Waals surface area contributed by atoms with Gasteiger partial charge in [0, 0.05) is 19.1 Å². The Morgan fingerprint density at radius 3 is 2.15 bits per heavy atom. The van der Waals surface area contributed by atoms with Gasteiger partial charge in [-0.05, 0) is 50.5 Å². The van der Waals surface area contributed by atoms with Crippen LogP contribution in [0.4, 0.5) is 0 Å². The van der Waals surface area contributed by atoms with E-state index in [0.717, 1.165) is 29.4 Å². The van der Waals surface area contributed by atoms with Crippen molar-refractivity contribution >= 4 is 11.0 Å². The Morgan fingerprint density at radius 1 is 1.10 bits per heavy atom. The largest absolute Gasteiger partial charge is 0.329 e. The standard InChI is InChI=1S/C16H25N3O/c1-5-8-13(17)12-10-15-14(9-11(12)4)18(6-2)16(20)19(15)7-3/h9-10,13H,5-8,17H2,1-4H3. The summed E-state index contributed by atoms with van der Waals surface area (Å²) in [7, 11) is 0. The smallest absolute Gasteiger partial charge is 0.324 e. The molecule has 4 nitrogen and oxygen atoms in total. The molecule has 0 aliphatic carbocycles. The zero-order valence-electron chi connectivity index (χ0n) is 12.9. The Kier molecular flexibility index (Phi) is 4.33. The molecule has 2 aromatic rings. The molecule has 2 N–H and O–H groups in total. The van der Waals surface area contributed by atoms with Gasteiger partial charge in [-0.1, -0.05) is 13.3 Å². The molecule has 0 bridgehead atoms. The second kappa shape index (κ2) is 5.83. The van der Waals surface area contributed by atoms with Gasteiger partial charge >= 0.3 is 5.69 Å². The number of rotatable bonds is 5. The van der Waals surface area contributed by atoms with Gasteiger partial charge in [0.15, 0.2) is 0 Å². The van der Waals surface area contributed by atoms with E-state index in [-0.39, 0.29) is 11.7 Å². The fraction of sp³-hybridized carbons (Fsp3) is 0.562. The van der Waals surface area contributed by atoms with Crippen LogP contribution in [0.5, 0.6) is 0 Å². The second-order valence-corrected chi connectivity index (χ2v) is 5.36. The molecule has 0 aliphatic heterocycles. The monoisotopic (exact) mass is 275 g/mol. The number of aryl methyl sites for hydroxylation is 3. The van der Waals surface area contributed by atoms with Crippen LogP contribution in [0, 0.1) is 6.92 Å². The highest BCUT2D eigenvalue weighted by Gasteiger charge is 2.15. The molecule has 0 saturated carbocycles. The van der Waals surface area contributed by atoms with Crippen LogP contribution in [0.3, 0.4) is 0 Å². The molecule has 0 saturated heterocycles. The molecule has 1 unspecified atom stereocenters. The molecule has 1 aromatic heterocycles. The third-order valence-corrected chi connectivity index (χ3v) is 4.04. The van der Waals surface area contributed by atoms with Gasteiger partial charge in [-0.15, -0.1) is 0 Å². The van der Waals surface area contributed by atoms with Crippen molar-refractivity contribution in [1.82, 2.24) is 9.13 Å². The molecule has 20 heavy (non-hydrogen) atoms. The number of benzene rings is 1. The predicted molar refractivity (Wildman–Crippen MR) is 84.1 cm³/mol. The summed E-state index contributed by atoms with van der Waals surface area (Å²) < 4.78 is 3.67. The molecule has 0 aliphatic rings. The zero-order valence-corrected chi connectivity index (χ0v) is 12.9. The Balaban J connectivity index is 2.72. The van der Waals surface area contributed by atoms with E-state index in [1.807, 2.05) is 23.0 Å². The number of imidazole rings is 1. The van der Waals surface area contributed by atoms with E-state index in [1.54, 1.807) is 0 Å². The van der Waals surface area contributed by atoms with Crippen LogP contribution >= 0.6 is 0 Å². The van der Waals surface area contributed by atoms with Crippen LogP contribution in [-0.2, 0) is 13.1 Å². The van der Waals surface area contributed by atoms with Crippen LogP contribution < -0.4 is 11.4 Å². The quantitative estimate of drug-likeness (QED) is 0.912. The van der Waals surface area contributed by atoms with Gasteiger partial charge in [-0.2, -0.15) is 0 Å². The van der Waals surface area contributed by atoms with Gasteiger partial charge in [0.05, 0.1) is 11.0 Å². The van der Waals surface area contributed by atoms with E-state index in [1.165, 1.54) is 5.56 Å². The van der Waals surface area contributed by atoms with Crippen molar-refractivity contribution in [2.75, 3.05) is 0 Å². The van der Waals surface area contributed by atoms with E-state index in [2.05, 4.69) is 26.0 Å². The highest BCUT2D eigenvalue weighted by Crippen LogP contribution is 2.25. The Labute approximate surface area is 120 Å². The van der Waals surface area contributed by atoms with Crippen LogP contribution in [0.1, 0.15) is 50.8 Å². The van der Waals surface area contributed by atoms with Gasteiger partial charge in [-0.3, -0.25) is 9.13 Å². The third kappa shape index (κ3) is 2.29. The molecule has 1 aromatic carbocycles. The summed E-state index contributed by atoms with van der Waals surface area (Å²) in [6.07, 6.45) is 2.03. The topological polar surface area (TPSA) is 52.9 Å². The number of fused-ring (bicyclic) bond motifs is 1. The van der Waals surface area contributed by atoms with E-state index in [4.69, 9.17) is 5.73 Å². The zero-order chi connectivity index (χ0) is 14.9. The summed E-state index contributed by atoms with van der Waals surface area (Å²) in [5.74, 6) is 0. The molecule has 0 amide bonds. The van der Waals surface area contributed by atoms with Crippen LogP contribution in [0.15, 0.2) is 16.9 Å². The maximum atomic E-state index is 12.4. The van der Waals surface area contributed by atoms with E-state index in [0.29, 0.717) is 13.1 Å². The second-order valence-electron chi connectivity index (χ2n) is 5.36. The molecule has 110 valence electrons. The van der Waals surface area contributed by atoms with Crippen molar-refractivity contribution in [3.63, 3.8) is 0 Å². The maximum Gasteiger partial charge on any atom is 0.329 e. The van der Waals surface area contributed by atoms with Crippen molar-refractivity contribution in [3.8, 4) is 0 Å². The van der Waals surface area contributed by atoms with Crippen molar-refractivity contribution in [3.05, 3.63) is 33.7 Å². The van der Waals surface area contributed by atoms with Crippen molar-refractivity contribution in [1.29, 1.82) is 0 Å². The molecular weight excluding hydrogens is 250 g/mol. The van der Waals surface area contributed by atoms with Gasteiger partial charge < -0.3 is 5.73 Å².